The SMILES string of the molecule is COc1ccc(-c2ccc(=O)n(CCNC(=O)C3CCN(c4ccc(-c5ccc(F)cc5)nn4)CC3)n2)cc1. The van der Waals surface area contributed by atoms with Gasteiger partial charge in [0, 0.05) is 42.7 Å². The van der Waals surface area contributed by atoms with Crippen LogP contribution in [0.3, 0.4) is 0 Å². The predicted octanol–water partition coefficient (Wildman–Crippen LogP) is 3.55. The minimum atomic E-state index is -0.292. The third-order valence-corrected chi connectivity index (χ3v) is 6.86. The lowest BCUT2D eigenvalue weighted by atomic mass is 9.96. The Morgan fingerprint density at radius 3 is 2.26 bits per heavy atom. The predicted molar refractivity (Wildman–Crippen MR) is 146 cm³/mol. The number of anilines is 1. The quantitative estimate of drug-likeness (QED) is 0.373. The molecule has 0 aliphatic carbocycles. The molecule has 1 amide bonds. The number of benzene rings is 2. The molecule has 4 aromatic rings. The van der Waals surface area contributed by atoms with Crippen LogP contribution >= 0.6 is 0 Å². The normalized spacial score (nSPS) is 13.7. The molecule has 3 heterocycles. The van der Waals surface area contributed by atoms with Gasteiger partial charge in [-0.05, 0) is 79.6 Å². The lowest BCUT2D eigenvalue weighted by Gasteiger charge is -2.31. The number of ether oxygens (including phenoxy) is 1. The van der Waals surface area contributed by atoms with E-state index in [0.29, 0.717) is 43.9 Å². The van der Waals surface area contributed by atoms with Crippen LogP contribution in [0, 0.1) is 11.7 Å². The smallest absolute Gasteiger partial charge is 0.266 e. The lowest BCUT2D eigenvalue weighted by Crippen LogP contribution is -2.42. The molecule has 5 rings (SSSR count). The number of hydrogen-bond donors (Lipinski definition) is 1. The monoisotopic (exact) mass is 528 g/mol. The molecule has 39 heavy (non-hydrogen) atoms. The van der Waals surface area contributed by atoms with E-state index in [1.807, 2.05) is 36.4 Å². The lowest BCUT2D eigenvalue weighted by molar-refractivity contribution is -0.125. The van der Waals surface area contributed by atoms with Crippen LogP contribution in [0.25, 0.3) is 22.5 Å². The van der Waals surface area contributed by atoms with E-state index in [1.165, 1.54) is 22.9 Å². The Morgan fingerprint density at radius 1 is 0.923 bits per heavy atom. The van der Waals surface area contributed by atoms with E-state index in [1.54, 1.807) is 25.3 Å². The molecule has 10 heteroatoms. The highest BCUT2D eigenvalue weighted by Gasteiger charge is 2.25. The molecule has 0 spiro atoms. The molecule has 1 aliphatic rings. The number of nitrogens with zero attached hydrogens (tertiary/aromatic N) is 5. The van der Waals surface area contributed by atoms with Crippen molar-refractivity contribution >= 4 is 11.7 Å². The fourth-order valence-corrected chi connectivity index (χ4v) is 4.59. The summed E-state index contributed by atoms with van der Waals surface area (Å²) in [5.74, 6) is 1.07. The molecule has 0 atom stereocenters. The first-order valence-electron chi connectivity index (χ1n) is 12.8. The van der Waals surface area contributed by atoms with Crippen LogP contribution in [0.2, 0.25) is 0 Å². The van der Waals surface area contributed by atoms with Gasteiger partial charge in [-0.3, -0.25) is 9.59 Å². The second kappa shape index (κ2) is 11.8. The van der Waals surface area contributed by atoms with Crippen molar-refractivity contribution in [2.75, 3.05) is 31.6 Å². The molecular weight excluding hydrogens is 499 g/mol. The van der Waals surface area contributed by atoms with E-state index in [2.05, 4.69) is 25.5 Å². The number of aromatic nitrogens is 4. The summed E-state index contributed by atoms with van der Waals surface area (Å²) in [5.41, 5.74) is 2.80. The van der Waals surface area contributed by atoms with Crippen molar-refractivity contribution in [3.63, 3.8) is 0 Å². The Hall–Kier alpha value is -4.60. The third-order valence-electron chi connectivity index (χ3n) is 6.86. The van der Waals surface area contributed by atoms with Gasteiger partial charge in [-0.1, -0.05) is 0 Å². The summed E-state index contributed by atoms with van der Waals surface area (Å²) < 4.78 is 19.7. The van der Waals surface area contributed by atoms with Gasteiger partial charge in [-0.25, -0.2) is 9.07 Å². The number of rotatable bonds is 8. The Balaban J connectivity index is 1.11. The van der Waals surface area contributed by atoms with Crippen molar-refractivity contribution in [2.45, 2.75) is 19.4 Å². The maximum absolute atomic E-state index is 13.2. The van der Waals surface area contributed by atoms with Crippen molar-refractivity contribution in [3.05, 3.63) is 89.0 Å². The molecule has 0 radical (unpaired) electrons. The molecule has 1 aliphatic heterocycles. The number of methoxy groups -OCH3 is 1. The maximum atomic E-state index is 13.2. The fourth-order valence-electron chi connectivity index (χ4n) is 4.59. The zero-order chi connectivity index (χ0) is 27.2. The standard InChI is InChI=1S/C29H29FN6O3/c1-39-24-8-4-21(5-9-24)26-11-13-28(37)36(34-26)19-16-31-29(38)22-14-17-35(18-15-22)27-12-10-25(32-33-27)20-2-6-23(30)7-3-20/h2-13,22H,14-19H2,1H3,(H,31,38). The number of nitrogens with one attached hydrogen (secondary N) is 1. The van der Waals surface area contributed by atoms with Crippen molar-refractivity contribution in [2.24, 2.45) is 5.92 Å². The Labute approximate surface area is 225 Å². The van der Waals surface area contributed by atoms with E-state index < -0.39 is 0 Å². The molecule has 200 valence electrons. The highest BCUT2D eigenvalue weighted by Crippen LogP contribution is 2.24. The number of amides is 1. The van der Waals surface area contributed by atoms with Gasteiger partial charge in [-0.2, -0.15) is 5.10 Å². The highest BCUT2D eigenvalue weighted by atomic mass is 19.1. The molecule has 1 saturated heterocycles. The molecule has 2 aromatic heterocycles. The van der Waals surface area contributed by atoms with Crippen LogP contribution in [0.4, 0.5) is 10.2 Å². The van der Waals surface area contributed by atoms with Crippen LogP contribution in [-0.4, -0.2) is 52.6 Å². The number of hydrogen-bond acceptors (Lipinski definition) is 7. The van der Waals surface area contributed by atoms with Gasteiger partial charge in [0.1, 0.15) is 11.6 Å². The van der Waals surface area contributed by atoms with Gasteiger partial charge in [0.15, 0.2) is 5.82 Å². The van der Waals surface area contributed by atoms with E-state index in [0.717, 1.165) is 22.7 Å². The van der Waals surface area contributed by atoms with Crippen molar-refractivity contribution < 1.29 is 13.9 Å². The molecule has 9 nitrogen and oxygen atoms in total. The topological polar surface area (TPSA) is 102 Å². The van der Waals surface area contributed by atoms with Crippen LogP contribution in [0.1, 0.15) is 12.8 Å². The van der Waals surface area contributed by atoms with Crippen LogP contribution < -0.4 is 20.5 Å². The zero-order valence-corrected chi connectivity index (χ0v) is 21.6. The average molecular weight is 529 g/mol. The Kier molecular flexibility index (Phi) is 7.91. The molecular formula is C29H29FN6O3. The van der Waals surface area contributed by atoms with E-state index in [4.69, 9.17) is 4.74 Å². The fraction of sp³-hybridized carbons (Fsp3) is 0.276. The summed E-state index contributed by atoms with van der Waals surface area (Å²) in [6, 6.07) is 20.5. The van der Waals surface area contributed by atoms with Gasteiger partial charge < -0.3 is 15.0 Å². The molecule has 1 fully saturated rings. The zero-order valence-electron chi connectivity index (χ0n) is 21.6. The second-order valence-electron chi connectivity index (χ2n) is 9.34. The Morgan fingerprint density at radius 2 is 1.59 bits per heavy atom. The summed E-state index contributed by atoms with van der Waals surface area (Å²) in [6.07, 6.45) is 1.39. The molecule has 1 N–H and O–H groups in total. The number of halogens is 1. The third kappa shape index (κ3) is 6.28. The minimum absolute atomic E-state index is 0.0215. The summed E-state index contributed by atoms with van der Waals surface area (Å²) in [6.45, 7) is 1.97. The van der Waals surface area contributed by atoms with Crippen LogP contribution in [-0.2, 0) is 11.3 Å². The first-order valence-corrected chi connectivity index (χ1v) is 12.8. The number of carbonyl (C=O) groups excluding carboxylic acids is 1. The van der Waals surface area contributed by atoms with E-state index >= 15 is 0 Å². The minimum Gasteiger partial charge on any atom is -0.497 e. The van der Waals surface area contributed by atoms with Gasteiger partial charge in [0.25, 0.3) is 5.56 Å². The molecule has 2 aromatic carbocycles. The van der Waals surface area contributed by atoms with E-state index in [9.17, 15) is 14.0 Å². The van der Waals surface area contributed by atoms with Crippen molar-refractivity contribution in [1.82, 2.24) is 25.3 Å². The highest BCUT2D eigenvalue weighted by molar-refractivity contribution is 5.79. The maximum Gasteiger partial charge on any atom is 0.266 e. The molecule has 0 unspecified atom stereocenters. The van der Waals surface area contributed by atoms with Gasteiger partial charge in [0.2, 0.25) is 5.91 Å². The van der Waals surface area contributed by atoms with Crippen molar-refractivity contribution in [1.29, 1.82) is 0 Å². The van der Waals surface area contributed by atoms with Crippen LogP contribution in [0.15, 0.2) is 77.6 Å². The summed E-state index contributed by atoms with van der Waals surface area (Å²) in [7, 11) is 1.61. The Bertz CT molecular complexity index is 1470. The average Bonchev–Trinajstić information content (AvgIpc) is 2.99. The van der Waals surface area contributed by atoms with Crippen molar-refractivity contribution in [3.8, 4) is 28.3 Å². The molecule has 0 saturated carbocycles. The number of carbonyl (C=O) groups is 1. The van der Waals surface area contributed by atoms with Gasteiger partial charge in [-0.15, -0.1) is 10.2 Å². The number of piperidine rings is 1. The van der Waals surface area contributed by atoms with Gasteiger partial charge >= 0.3 is 0 Å². The summed E-state index contributed by atoms with van der Waals surface area (Å²) >= 11 is 0. The first kappa shape index (κ1) is 26.0. The summed E-state index contributed by atoms with van der Waals surface area (Å²) in [4.78, 5) is 27.2. The second-order valence-corrected chi connectivity index (χ2v) is 9.34. The van der Waals surface area contributed by atoms with E-state index in [-0.39, 0.29) is 29.7 Å². The largest absolute Gasteiger partial charge is 0.497 e. The summed E-state index contributed by atoms with van der Waals surface area (Å²) in [5, 5.41) is 16.0. The molecule has 0 bridgehead atoms. The van der Waals surface area contributed by atoms with Gasteiger partial charge in [0.05, 0.1) is 25.0 Å². The van der Waals surface area contributed by atoms with Crippen LogP contribution in [0.5, 0.6) is 5.75 Å². The first-order chi connectivity index (χ1) is 19.0.